The molecule has 0 bridgehead atoms. The fraction of sp³-hybridized carbons (Fsp3) is 0.0714. The second kappa shape index (κ2) is 6.24. The van der Waals surface area contributed by atoms with Crippen LogP contribution in [-0.2, 0) is 0 Å². The van der Waals surface area contributed by atoms with E-state index >= 15 is 0 Å². The molecule has 1 N–H and O–H groups in total. The lowest BCUT2D eigenvalue weighted by Crippen LogP contribution is -2.14. The van der Waals surface area contributed by atoms with Gasteiger partial charge in [-0.05, 0) is 36.4 Å². The predicted octanol–water partition coefficient (Wildman–Crippen LogP) is 4.50. The Labute approximate surface area is 128 Å². The number of hydrogen-bond donors (Lipinski definition) is 1. The Kier molecular flexibility index (Phi) is 4.62. The normalized spacial score (nSPS) is 10.2. The molecule has 0 aliphatic carbocycles. The highest BCUT2D eigenvalue weighted by atomic mass is 79.9. The van der Waals surface area contributed by atoms with Gasteiger partial charge in [0.15, 0.2) is 0 Å². The number of carbonyl (C=O) groups is 1. The van der Waals surface area contributed by atoms with Crippen molar-refractivity contribution in [2.24, 2.45) is 0 Å². The number of ether oxygens (including phenoxy) is 1. The Morgan fingerprint density at radius 1 is 1.30 bits per heavy atom. The third-order valence-corrected chi connectivity index (χ3v) is 3.32. The fourth-order valence-electron chi connectivity index (χ4n) is 1.63. The Morgan fingerprint density at radius 2 is 2.05 bits per heavy atom. The van der Waals surface area contributed by atoms with Crippen molar-refractivity contribution in [3.8, 4) is 5.75 Å². The van der Waals surface area contributed by atoms with Crippen molar-refractivity contribution >= 4 is 39.1 Å². The minimum absolute atomic E-state index is 0.0596. The van der Waals surface area contributed by atoms with Crippen LogP contribution in [0.5, 0.6) is 5.75 Å². The maximum absolute atomic E-state index is 13.6. The third-order valence-electron chi connectivity index (χ3n) is 2.59. The van der Waals surface area contributed by atoms with Gasteiger partial charge < -0.3 is 10.1 Å². The highest BCUT2D eigenvalue weighted by Crippen LogP contribution is 2.25. The van der Waals surface area contributed by atoms with E-state index in [4.69, 9.17) is 16.3 Å². The van der Waals surface area contributed by atoms with Crippen molar-refractivity contribution in [3.05, 3.63) is 57.3 Å². The van der Waals surface area contributed by atoms with Crippen LogP contribution in [0.25, 0.3) is 0 Å². The SMILES string of the molecule is COc1cc(Br)ccc1C(=O)Nc1ccc(Cl)cc1F. The zero-order valence-corrected chi connectivity index (χ0v) is 12.8. The van der Waals surface area contributed by atoms with E-state index in [-0.39, 0.29) is 10.7 Å². The summed E-state index contributed by atoms with van der Waals surface area (Å²) < 4.78 is 19.5. The molecule has 2 rings (SSSR count). The summed E-state index contributed by atoms with van der Waals surface area (Å²) in [4.78, 5) is 12.1. The van der Waals surface area contributed by atoms with Crippen LogP contribution in [0.3, 0.4) is 0 Å². The van der Waals surface area contributed by atoms with E-state index in [1.165, 1.54) is 19.2 Å². The number of halogens is 3. The summed E-state index contributed by atoms with van der Waals surface area (Å²) in [5.41, 5.74) is 0.370. The average Bonchev–Trinajstić information content (AvgIpc) is 2.41. The molecular weight excluding hydrogens is 349 g/mol. The van der Waals surface area contributed by atoms with E-state index < -0.39 is 11.7 Å². The van der Waals surface area contributed by atoms with Crippen LogP contribution in [0, 0.1) is 5.82 Å². The van der Waals surface area contributed by atoms with Crippen LogP contribution in [0.15, 0.2) is 40.9 Å². The standard InChI is InChI=1S/C14H10BrClFNO2/c1-20-13-6-8(15)2-4-10(13)14(19)18-12-5-3-9(16)7-11(12)17/h2-7H,1H3,(H,18,19). The molecule has 1 amide bonds. The number of nitrogens with one attached hydrogen (secondary N) is 1. The second-order valence-corrected chi connectivity index (χ2v) is 5.28. The molecule has 6 heteroatoms. The van der Waals surface area contributed by atoms with Crippen LogP contribution in [-0.4, -0.2) is 13.0 Å². The van der Waals surface area contributed by atoms with Gasteiger partial charge in [0.05, 0.1) is 18.4 Å². The van der Waals surface area contributed by atoms with Crippen molar-refractivity contribution < 1.29 is 13.9 Å². The van der Waals surface area contributed by atoms with Crippen LogP contribution in [0.2, 0.25) is 5.02 Å². The van der Waals surface area contributed by atoms with E-state index in [9.17, 15) is 9.18 Å². The van der Waals surface area contributed by atoms with Crippen molar-refractivity contribution in [1.82, 2.24) is 0 Å². The summed E-state index contributed by atoms with van der Waals surface area (Å²) in [5, 5.41) is 2.75. The Bertz CT molecular complexity index is 664. The van der Waals surface area contributed by atoms with E-state index in [0.29, 0.717) is 11.3 Å². The summed E-state index contributed by atoms with van der Waals surface area (Å²) in [7, 11) is 1.46. The van der Waals surface area contributed by atoms with Gasteiger partial charge >= 0.3 is 0 Å². The molecule has 0 fully saturated rings. The van der Waals surface area contributed by atoms with E-state index in [1.807, 2.05) is 0 Å². The predicted molar refractivity (Wildman–Crippen MR) is 80.1 cm³/mol. The van der Waals surface area contributed by atoms with Crippen molar-refractivity contribution in [3.63, 3.8) is 0 Å². The van der Waals surface area contributed by atoms with Crippen molar-refractivity contribution in [2.75, 3.05) is 12.4 Å². The molecule has 20 heavy (non-hydrogen) atoms. The maximum Gasteiger partial charge on any atom is 0.259 e. The molecule has 0 aromatic heterocycles. The quantitative estimate of drug-likeness (QED) is 0.877. The van der Waals surface area contributed by atoms with Crippen molar-refractivity contribution in [2.45, 2.75) is 0 Å². The average molecular weight is 359 g/mol. The number of amides is 1. The molecule has 3 nitrogen and oxygen atoms in total. The third kappa shape index (κ3) is 3.29. The molecule has 0 heterocycles. The Hall–Kier alpha value is -1.59. The number of hydrogen-bond acceptors (Lipinski definition) is 2. The smallest absolute Gasteiger partial charge is 0.259 e. The minimum Gasteiger partial charge on any atom is -0.496 e. The molecule has 0 radical (unpaired) electrons. The Balaban J connectivity index is 2.28. The molecule has 0 spiro atoms. The molecule has 0 saturated heterocycles. The zero-order chi connectivity index (χ0) is 14.7. The van der Waals surface area contributed by atoms with E-state index in [2.05, 4.69) is 21.2 Å². The topological polar surface area (TPSA) is 38.3 Å². The van der Waals surface area contributed by atoms with Crippen LogP contribution >= 0.6 is 27.5 Å². The summed E-state index contributed by atoms with van der Waals surface area (Å²) in [6, 6.07) is 8.99. The molecular formula is C14H10BrClFNO2. The number of methoxy groups -OCH3 is 1. The lowest BCUT2D eigenvalue weighted by Gasteiger charge is -2.10. The Morgan fingerprint density at radius 3 is 2.70 bits per heavy atom. The number of carbonyl (C=O) groups excluding carboxylic acids is 1. The lowest BCUT2D eigenvalue weighted by atomic mass is 10.2. The summed E-state index contributed by atoms with van der Waals surface area (Å²) in [5.74, 6) is -0.663. The first-order chi connectivity index (χ1) is 9.51. The van der Waals surface area contributed by atoms with Crippen molar-refractivity contribution in [1.29, 1.82) is 0 Å². The summed E-state index contributed by atoms with van der Waals surface area (Å²) in [6.07, 6.45) is 0. The maximum atomic E-state index is 13.6. The fourth-order valence-corrected chi connectivity index (χ4v) is 2.13. The highest BCUT2D eigenvalue weighted by molar-refractivity contribution is 9.10. The first-order valence-corrected chi connectivity index (χ1v) is 6.78. The molecule has 2 aromatic carbocycles. The number of benzene rings is 2. The van der Waals surface area contributed by atoms with E-state index in [1.54, 1.807) is 18.2 Å². The van der Waals surface area contributed by atoms with Gasteiger partial charge in [-0.2, -0.15) is 0 Å². The molecule has 0 aliphatic rings. The second-order valence-electron chi connectivity index (χ2n) is 3.92. The van der Waals surface area contributed by atoms with Crippen LogP contribution in [0.1, 0.15) is 10.4 Å². The lowest BCUT2D eigenvalue weighted by molar-refractivity contribution is 0.102. The molecule has 0 aliphatic heterocycles. The first kappa shape index (κ1) is 14.8. The molecule has 0 saturated carbocycles. The van der Waals surface area contributed by atoms with Gasteiger partial charge in [-0.25, -0.2) is 4.39 Å². The molecule has 0 unspecified atom stereocenters. The van der Waals surface area contributed by atoms with Gasteiger partial charge in [-0.3, -0.25) is 4.79 Å². The van der Waals surface area contributed by atoms with Gasteiger partial charge in [-0.15, -0.1) is 0 Å². The van der Waals surface area contributed by atoms with Gasteiger partial charge in [0.2, 0.25) is 0 Å². The number of rotatable bonds is 3. The van der Waals surface area contributed by atoms with Gasteiger partial charge in [0.25, 0.3) is 5.91 Å². The molecule has 2 aromatic rings. The van der Waals surface area contributed by atoms with Gasteiger partial charge in [0, 0.05) is 9.50 Å². The highest BCUT2D eigenvalue weighted by Gasteiger charge is 2.14. The molecule has 104 valence electrons. The largest absolute Gasteiger partial charge is 0.496 e. The number of anilines is 1. The first-order valence-electron chi connectivity index (χ1n) is 5.61. The van der Waals surface area contributed by atoms with Gasteiger partial charge in [0.1, 0.15) is 11.6 Å². The minimum atomic E-state index is -0.595. The van der Waals surface area contributed by atoms with Crippen LogP contribution < -0.4 is 10.1 Å². The molecule has 0 atom stereocenters. The van der Waals surface area contributed by atoms with Gasteiger partial charge in [-0.1, -0.05) is 27.5 Å². The summed E-state index contributed by atoms with van der Waals surface area (Å²) in [6.45, 7) is 0. The van der Waals surface area contributed by atoms with E-state index in [0.717, 1.165) is 10.5 Å². The monoisotopic (exact) mass is 357 g/mol. The van der Waals surface area contributed by atoms with Crippen LogP contribution in [0.4, 0.5) is 10.1 Å². The summed E-state index contributed by atoms with van der Waals surface area (Å²) >= 11 is 8.94. The zero-order valence-electron chi connectivity index (χ0n) is 10.4.